The maximum absolute atomic E-state index is 9.25. The number of aliphatic hydroxyl groups is 1. The van der Waals surface area contributed by atoms with Crippen LogP contribution in [0.15, 0.2) is 12.3 Å². The molecular weight excluding hydrogens is 176 g/mol. The number of hydrogen-bond donors (Lipinski definition) is 1. The Bertz CT molecular complexity index is 313. The van der Waals surface area contributed by atoms with E-state index in [1.54, 1.807) is 0 Å². The highest BCUT2D eigenvalue weighted by Gasteiger charge is 2.45. The summed E-state index contributed by atoms with van der Waals surface area (Å²) in [4.78, 5) is 0. The van der Waals surface area contributed by atoms with E-state index in [9.17, 15) is 5.11 Å². The second-order valence-corrected chi connectivity index (χ2v) is 4.76. The molecule has 14 heavy (non-hydrogen) atoms. The van der Waals surface area contributed by atoms with E-state index in [0.29, 0.717) is 5.92 Å². The lowest BCUT2D eigenvalue weighted by Gasteiger charge is -2.08. The molecule has 78 valence electrons. The number of aliphatic hydroxyl groups excluding tert-OH is 1. The molecule has 0 amide bonds. The Morgan fingerprint density at radius 3 is 2.79 bits per heavy atom. The fourth-order valence-corrected chi connectivity index (χ4v) is 1.77. The topological polar surface area (TPSA) is 38.0 Å². The van der Waals surface area contributed by atoms with Crippen LogP contribution >= 0.6 is 0 Å². The van der Waals surface area contributed by atoms with Crippen molar-refractivity contribution in [2.45, 2.75) is 38.6 Å². The molecule has 0 unspecified atom stereocenters. The van der Waals surface area contributed by atoms with Gasteiger partial charge in [-0.3, -0.25) is 4.68 Å². The summed E-state index contributed by atoms with van der Waals surface area (Å²) >= 11 is 0. The van der Waals surface area contributed by atoms with Gasteiger partial charge in [-0.1, -0.05) is 13.8 Å². The fraction of sp³-hybridized carbons (Fsp3) is 0.727. The summed E-state index contributed by atoms with van der Waals surface area (Å²) in [5, 5.41) is 13.8. The first kappa shape index (κ1) is 9.71. The van der Waals surface area contributed by atoms with Crippen LogP contribution in [0, 0.1) is 5.92 Å². The summed E-state index contributed by atoms with van der Waals surface area (Å²) in [6.45, 7) is 5.56. The minimum absolute atomic E-state index is 0.0161. The Kier molecular flexibility index (Phi) is 2.35. The summed E-state index contributed by atoms with van der Waals surface area (Å²) in [5.41, 5.74) is 1.09. The van der Waals surface area contributed by atoms with Crippen molar-refractivity contribution in [3.63, 3.8) is 0 Å². The first-order valence-electron chi connectivity index (χ1n) is 5.31. The van der Waals surface area contributed by atoms with Crippen LogP contribution in [-0.2, 0) is 12.0 Å². The van der Waals surface area contributed by atoms with Crippen molar-refractivity contribution in [2.75, 3.05) is 6.61 Å². The SMILES string of the molecule is CC(C)Cn1ccc(C2(CO)CC2)n1. The van der Waals surface area contributed by atoms with E-state index in [-0.39, 0.29) is 12.0 Å². The zero-order valence-electron chi connectivity index (χ0n) is 8.90. The summed E-state index contributed by atoms with van der Waals surface area (Å²) in [6, 6.07) is 2.05. The van der Waals surface area contributed by atoms with E-state index in [2.05, 4.69) is 18.9 Å². The van der Waals surface area contributed by atoms with Crippen molar-refractivity contribution in [2.24, 2.45) is 5.92 Å². The van der Waals surface area contributed by atoms with Gasteiger partial charge in [0.05, 0.1) is 12.3 Å². The van der Waals surface area contributed by atoms with Crippen molar-refractivity contribution >= 4 is 0 Å². The highest BCUT2D eigenvalue weighted by atomic mass is 16.3. The van der Waals surface area contributed by atoms with Crippen molar-refractivity contribution in [1.82, 2.24) is 9.78 Å². The normalized spacial score (nSPS) is 18.9. The van der Waals surface area contributed by atoms with Crippen LogP contribution in [0.25, 0.3) is 0 Å². The average molecular weight is 194 g/mol. The summed E-state index contributed by atoms with van der Waals surface area (Å²) in [6.07, 6.45) is 4.19. The van der Waals surface area contributed by atoms with Gasteiger partial charge in [-0.2, -0.15) is 5.10 Å². The Morgan fingerprint density at radius 2 is 2.29 bits per heavy atom. The number of rotatable bonds is 4. The molecular formula is C11H18N2O. The van der Waals surface area contributed by atoms with Gasteiger partial charge in [0.1, 0.15) is 0 Å². The lowest BCUT2D eigenvalue weighted by atomic mass is 10.1. The average Bonchev–Trinajstić information content (AvgIpc) is 2.81. The van der Waals surface area contributed by atoms with Gasteiger partial charge in [0.25, 0.3) is 0 Å². The van der Waals surface area contributed by atoms with Gasteiger partial charge in [0.2, 0.25) is 0 Å². The molecule has 1 saturated carbocycles. The van der Waals surface area contributed by atoms with E-state index >= 15 is 0 Å². The number of aromatic nitrogens is 2. The standard InChI is InChI=1S/C11H18N2O/c1-9(2)7-13-6-3-10(12-13)11(8-14)4-5-11/h3,6,9,14H,4-5,7-8H2,1-2H3. The first-order valence-corrected chi connectivity index (χ1v) is 5.31. The molecule has 0 bridgehead atoms. The summed E-state index contributed by atoms with van der Waals surface area (Å²) in [7, 11) is 0. The Hall–Kier alpha value is -0.830. The molecule has 0 radical (unpaired) electrons. The Balaban J connectivity index is 2.10. The molecule has 1 aromatic heterocycles. The van der Waals surface area contributed by atoms with Crippen LogP contribution in [0.3, 0.4) is 0 Å². The molecule has 1 aromatic rings. The van der Waals surface area contributed by atoms with Gasteiger partial charge >= 0.3 is 0 Å². The minimum atomic E-state index is 0.0161. The van der Waals surface area contributed by atoms with Crippen LogP contribution in [0.2, 0.25) is 0 Å². The monoisotopic (exact) mass is 194 g/mol. The van der Waals surface area contributed by atoms with Crippen LogP contribution < -0.4 is 0 Å². The number of hydrogen-bond acceptors (Lipinski definition) is 2. The van der Waals surface area contributed by atoms with Gasteiger partial charge in [0, 0.05) is 18.2 Å². The third-order valence-electron chi connectivity index (χ3n) is 2.89. The van der Waals surface area contributed by atoms with Gasteiger partial charge in [0.15, 0.2) is 0 Å². The predicted octanol–water partition coefficient (Wildman–Crippen LogP) is 1.56. The largest absolute Gasteiger partial charge is 0.395 e. The van der Waals surface area contributed by atoms with E-state index < -0.39 is 0 Å². The fourth-order valence-electron chi connectivity index (χ4n) is 1.77. The molecule has 3 heteroatoms. The maximum Gasteiger partial charge on any atom is 0.0709 e. The van der Waals surface area contributed by atoms with Gasteiger partial charge in [-0.15, -0.1) is 0 Å². The van der Waals surface area contributed by atoms with E-state index in [0.717, 1.165) is 25.1 Å². The lowest BCUT2D eigenvalue weighted by Crippen LogP contribution is -2.14. The molecule has 1 N–H and O–H groups in total. The van der Waals surface area contributed by atoms with E-state index in [1.165, 1.54) is 0 Å². The molecule has 1 heterocycles. The van der Waals surface area contributed by atoms with Crippen molar-refractivity contribution in [3.05, 3.63) is 18.0 Å². The van der Waals surface area contributed by atoms with Crippen LogP contribution in [0.1, 0.15) is 32.4 Å². The van der Waals surface area contributed by atoms with Crippen LogP contribution in [-0.4, -0.2) is 21.5 Å². The van der Waals surface area contributed by atoms with E-state index in [4.69, 9.17) is 0 Å². The second-order valence-electron chi connectivity index (χ2n) is 4.76. The summed E-state index contributed by atoms with van der Waals surface area (Å²) in [5.74, 6) is 0.618. The second kappa shape index (κ2) is 3.39. The van der Waals surface area contributed by atoms with Gasteiger partial charge in [-0.05, 0) is 24.8 Å². The molecule has 0 aromatic carbocycles. The third-order valence-corrected chi connectivity index (χ3v) is 2.89. The Labute approximate surface area is 84.7 Å². The highest BCUT2D eigenvalue weighted by Crippen LogP contribution is 2.46. The minimum Gasteiger partial charge on any atom is -0.395 e. The smallest absolute Gasteiger partial charge is 0.0709 e. The van der Waals surface area contributed by atoms with Gasteiger partial charge in [-0.25, -0.2) is 0 Å². The van der Waals surface area contributed by atoms with Crippen LogP contribution in [0.4, 0.5) is 0 Å². The van der Waals surface area contributed by atoms with Crippen molar-refractivity contribution in [3.8, 4) is 0 Å². The summed E-state index contributed by atoms with van der Waals surface area (Å²) < 4.78 is 1.98. The van der Waals surface area contributed by atoms with Crippen LogP contribution in [0.5, 0.6) is 0 Å². The molecule has 0 saturated heterocycles. The zero-order chi connectivity index (χ0) is 10.2. The molecule has 1 aliphatic carbocycles. The van der Waals surface area contributed by atoms with Crippen molar-refractivity contribution < 1.29 is 5.11 Å². The molecule has 2 rings (SSSR count). The van der Waals surface area contributed by atoms with Gasteiger partial charge < -0.3 is 5.11 Å². The molecule has 3 nitrogen and oxygen atoms in total. The number of nitrogens with zero attached hydrogens (tertiary/aromatic N) is 2. The first-order chi connectivity index (χ1) is 6.66. The molecule has 0 spiro atoms. The highest BCUT2D eigenvalue weighted by molar-refractivity contribution is 5.23. The Morgan fingerprint density at radius 1 is 1.57 bits per heavy atom. The molecule has 1 aliphatic rings. The van der Waals surface area contributed by atoms with E-state index in [1.807, 2.05) is 16.9 Å². The molecule has 1 fully saturated rings. The van der Waals surface area contributed by atoms with Crippen molar-refractivity contribution in [1.29, 1.82) is 0 Å². The molecule has 0 atom stereocenters. The predicted molar refractivity (Wildman–Crippen MR) is 55.1 cm³/mol. The quantitative estimate of drug-likeness (QED) is 0.790. The third kappa shape index (κ3) is 1.69. The zero-order valence-corrected chi connectivity index (χ0v) is 8.90. The maximum atomic E-state index is 9.25. The molecule has 0 aliphatic heterocycles. The lowest BCUT2D eigenvalue weighted by molar-refractivity contribution is 0.251.